The van der Waals surface area contributed by atoms with Gasteiger partial charge in [-0.05, 0) is 52.0 Å². The van der Waals surface area contributed by atoms with Gasteiger partial charge < -0.3 is 14.4 Å². The highest BCUT2D eigenvalue weighted by Crippen LogP contribution is 2.32. The van der Waals surface area contributed by atoms with Crippen LogP contribution in [0.2, 0.25) is 5.02 Å². The number of piperazine rings is 1. The molecule has 0 saturated carbocycles. The summed E-state index contributed by atoms with van der Waals surface area (Å²) in [5.41, 5.74) is 0.483. The Morgan fingerprint density at radius 2 is 1.77 bits per heavy atom. The SMILES string of the molecule is CCOc1c(Cl)cccc1-n1c(CN2CCN(C(=O)OC(C)(C)C)CC2)nc2ccccc2c1=O. The number of para-hydroxylation sites is 2. The second kappa shape index (κ2) is 10.3. The fourth-order valence-electron chi connectivity index (χ4n) is 4.11. The molecule has 1 aliphatic heterocycles. The molecule has 2 aromatic carbocycles. The smallest absolute Gasteiger partial charge is 0.410 e. The number of benzene rings is 2. The second-order valence-corrected chi connectivity index (χ2v) is 9.86. The number of aromatic nitrogens is 2. The summed E-state index contributed by atoms with van der Waals surface area (Å²) in [5, 5.41) is 0.953. The standard InChI is InChI=1S/C26H31ClN4O4/c1-5-34-23-19(27)10-8-12-21(23)31-22(28-20-11-7-6-9-18(20)24(31)32)17-29-13-15-30(16-14-29)25(33)35-26(2,3)4/h6-12H,5,13-17H2,1-4H3. The molecular weight excluding hydrogens is 468 g/mol. The van der Waals surface area contributed by atoms with E-state index >= 15 is 0 Å². The van der Waals surface area contributed by atoms with Gasteiger partial charge >= 0.3 is 6.09 Å². The summed E-state index contributed by atoms with van der Waals surface area (Å²) in [6.45, 7) is 10.6. The third-order valence-corrected chi connectivity index (χ3v) is 6.01. The number of amides is 1. The van der Waals surface area contributed by atoms with Crippen LogP contribution in [0, 0.1) is 0 Å². The first-order chi connectivity index (χ1) is 16.7. The molecule has 8 nitrogen and oxygen atoms in total. The quantitative estimate of drug-likeness (QED) is 0.516. The number of carbonyl (C=O) groups is 1. The predicted molar refractivity (Wildman–Crippen MR) is 137 cm³/mol. The number of ether oxygens (including phenoxy) is 2. The number of nitrogens with zero attached hydrogens (tertiary/aromatic N) is 4. The van der Waals surface area contributed by atoms with Gasteiger partial charge in [0.2, 0.25) is 0 Å². The predicted octanol–water partition coefficient (Wildman–Crippen LogP) is 4.49. The van der Waals surface area contributed by atoms with Crippen molar-refractivity contribution in [1.82, 2.24) is 19.4 Å². The molecule has 3 aromatic rings. The minimum atomic E-state index is -0.533. The van der Waals surface area contributed by atoms with Gasteiger partial charge in [0, 0.05) is 26.2 Å². The van der Waals surface area contributed by atoms with Gasteiger partial charge in [-0.2, -0.15) is 0 Å². The van der Waals surface area contributed by atoms with Crippen molar-refractivity contribution >= 4 is 28.6 Å². The largest absolute Gasteiger partial charge is 0.490 e. The Morgan fingerprint density at radius 1 is 1.06 bits per heavy atom. The molecule has 0 bridgehead atoms. The van der Waals surface area contributed by atoms with Crippen LogP contribution in [-0.2, 0) is 11.3 Å². The van der Waals surface area contributed by atoms with E-state index in [0.29, 0.717) is 72.5 Å². The maximum absolute atomic E-state index is 13.7. The summed E-state index contributed by atoms with van der Waals surface area (Å²) in [7, 11) is 0. The summed E-state index contributed by atoms with van der Waals surface area (Å²) >= 11 is 6.44. The van der Waals surface area contributed by atoms with Crippen molar-refractivity contribution in [3.63, 3.8) is 0 Å². The molecule has 9 heteroatoms. The van der Waals surface area contributed by atoms with E-state index in [1.807, 2.05) is 52.0 Å². The number of carbonyl (C=O) groups excluding carboxylic acids is 1. The van der Waals surface area contributed by atoms with Crippen LogP contribution in [0.25, 0.3) is 16.6 Å². The maximum Gasteiger partial charge on any atom is 0.410 e. The van der Waals surface area contributed by atoms with Gasteiger partial charge in [0.1, 0.15) is 11.4 Å². The Morgan fingerprint density at radius 3 is 2.46 bits per heavy atom. The van der Waals surface area contributed by atoms with Crippen LogP contribution >= 0.6 is 11.6 Å². The molecular formula is C26H31ClN4O4. The van der Waals surface area contributed by atoms with E-state index in [0.717, 1.165) is 0 Å². The van der Waals surface area contributed by atoms with Crippen molar-refractivity contribution in [2.45, 2.75) is 39.8 Å². The van der Waals surface area contributed by atoms with Gasteiger partial charge in [0.25, 0.3) is 5.56 Å². The molecule has 1 aliphatic rings. The van der Waals surface area contributed by atoms with Gasteiger partial charge in [-0.25, -0.2) is 9.78 Å². The van der Waals surface area contributed by atoms with Crippen molar-refractivity contribution in [2.24, 2.45) is 0 Å². The van der Waals surface area contributed by atoms with Crippen molar-refractivity contribution in [2.75, 3.05) is 32.8 Å². The normalized spacial score (nSPS) is 14.8. The molecule has 0 aliphatic carbocycles. The average Bonchev–Trinajstić information content (AvgIpc) is 2.80. The molecule has 1 fully saturated rings. The number of fused-ring (bicyclic) bond motifs is 1. The molecule has 1 aromatic heterocycles. The first-order valence-electron chi connectivity index (χ1n) is 11.8. The van der Waals surface area contributed by atoms with Crippen molar-refractivity contribution in [3.05, 3.63) is 63.7 Å². The molecule has 1 amide bonds. The maximum atomic E-state index is 13.7. The van der Waals surface area contributed by atoms with Gasteiger partial charge in [0.05, 0.1) is 34.8 Å². The van der Waals surface area contributed by atoms with Crippen LogP contribution in [0.3, 0.4) is 0 Å². The highest BCUT2D eigenvalue weighted by Gasteiger charge is 2.27. The van der Waals surface area contributed by atoms with Crippen molar-refractivity contribution in [1.29, 1.82) is 0 Å². The fourth-order valence-corrected chi connectivity index (χ4v) is 4.33. The lowest BCUT2D eigenvalue weighted by atomic mass is 10.2. The van der Waals surface area contributed by atoms with E-state index in [1.54, 1.807) is 27.7 Å². The van der Waals surface area contributed by atoms with Crippen LogP contribution in [0.5, 0.6) is 5.75 Å². The first kappa shape index (κ1) is 25.0. The number of hydrogen-bond donors (Lipinski definition) is 0. The lowest BCUT2D eigenvalue weighted by Gasteiger charge is -2.35. The van der Waals surface area contributed by atoms with Gasteiger partial charge in [-0.1, -0.05) is 29.8 Å². The zero-order valence-corrected chi connectivity index (χ0v) is 21.3. The average molecular weight is 499 g/mol. The molecule has 0 N–H and O–H groups in total. The zero-order valence-electron chi connectivity index (χ0n) is 20.6. The van der Waals surface area contributed by atoms with Crippen LogP contribution < -0.4 is 10.3 Å². The third kappa shape index (κ3) is 5.60. The summed E-state index contributed by atoms with van der Waals surface area (Å²) in [5.74, 6) is 1.04. The van der Waals surface area contributed by atoms with Crippen LogP contribution in [0.15, 0.2) is 47.3 Å². The topological polar surface area (TPSA) is 76.9 Å². The van der Waals surface area contributed by atoms with E-state index in [-0.39, 0.29) is 11.7 Å². The molecule has 0 unspecified atom stereocenters. The van der Waals surface area contributed by atoms with Crippen molar-refractivity contribution < 1.29 is 14.3 Å². The van der Waals surface area contributed by atoms with Gasteiger partial charge in [-0.3, -0.25) is 14.3 Å². The van der Waals surface area contributed by atoms with E-state index in [9.17, 15) is 9.59 Å². The molecule has 35 heavy (non-hydrogen) atoms. The molecule has 4 rings (SSSR count). The lowest BCUT2D eigenvalue weighted by Crippen LogP contribution is -2.50. The van der Waals surface area contributed by atoms with Gasteiger partial charge in [-0.15, -0.1) is 0 Å². The Kier molecular flexibility index (Phi) is 7.33. The molecule has 2 heterocycles. The fraction of sp³-hybridized carbons (Fsp3) is 0.423. The summed E-state index contributed by atoms with van der Waals surface area (Å²) in [6, 6.07) is 12.7. The third-order valence-electron chi connectivity index (χ3n) is 5.71. The van der Waals surface area contributed by atoms with Gasteiger partial charge in [0.15, 0.2) is 5.75 Å². The van der Waals surface area contributed by atoms with Crippen molar-refractivity contribution in [3.8, 4) is 11.4 Å². The summed E-state index contributed by atoms with van der Waals surface area (Å²) < 4.78 is 12.9. The monoisotopic (exact) mass is 498 g/mol. The minimum Gasteiger partial charge on any atom is -0.490 e. The molecule has 1 saturated heterocycles. The highest BCUT2D eigenvalue weighted by molar-refractivity contribution is 6.32. The van der Waals surface area contributed by atoms with Crippen LogP contribution in [0.1, 0.15) is 33.5 Å². The van der Waals surface area contributed by atoms with E-state index in [1.165, 1.54) is 0 Å². The van der Waals surface area contributed by atoms with Crippen LogP contribution in [0.4, 0.5) is 4.79 Å². The summed E-state index contributed by atoms with van der Waals surface area (Å²) in [4.78, 5) is 34.9. The Bertz CT molecular complexity index is 1280. The molecule has 0 atom stereocenters. The minimum absolute atomic E-state index is 0.179. The molecule has 186 valence electrons. The first-order valence-corrected chi connectivity index (χ1v) is 12.2. The Balaban J connectivity index is 1.67. The Labute approximate surface area is 210 Å². The summed E-state index contributed by atoms with van der Waals surface area (Å²) in [6.07, 6.45) is -0.307. The number of hydrogen-bond acceptors (Lipinski definition) is 6. The second-order valence-electron chi connectivity index (χ2n) is 9.45. The Hall–Kier alpha value is -3.10. The number of rotatable bonds is 5. The van der Waals surface area contributed by atoms with E-state index in [2.05, 4.69) is 4.90 Å². The zero-order chi connectivity index (χ0) is 25.2. The number of halogens is 1. The van der Waals surface area contributed by atoms with E-state index < -0.39 is 5.60 Å². The molecule has 0 radical (unpaired) electrons. The van der Waals surface area contributed by atoms with E-state index in [4.69, 9.17) is 26.1 Å². The molecule has 0 spiro atoms. The van der Waals surface area contributed by atoms with Crippen LogP contribution in [-0.4, -0.2) is 63.8 Å². The lowest BCUT2D eigenvalue weighted by molar-refractivity contribution is 0.0136. The highest BCUT2D eigenvalue weighted by atomic mass is 35.5.